The van der Waals surface area contributed by atoms with Gasteiger partial charge in [-0.2, -0.15) is 0 Å². The van der Waals surface area contributed by atoms with Gasteiger partial charge in [-0.25, -0.2) is 0 Å². The SMILES string of the molecule is CSc1cc(Br)ccc1CCC(=O)O. The predicted molar refractivity (Wildman–Crippen MR) is 61.9 cm³/mol. The Bertz CT molecular complexity index is 339. The van der Waals surface area contributed by atoms with Crippen LogP contribution in [0.3, 0.4) is 0 Å². The highest BCUT2D eigenvalue weighted by Gasteiger charge is 2.04. The number of carbonyl (C=O) groups is 1. The molecule has 0 aliphatic heterocycles. The predicted octanol–water partition coefficient (Wildman–Crippen LogP) is 3.19. The molecule has 1 aromatic rings. The number of thioether (sulfide) groups is 1. The molecule has 0 aromatic heterocycles. The van der Waals surface area contributed by atoms with Crippen LogP contribution in [0.5, 0.6) is 0 Å². The molecule has 1 aromatic carbocycles. The normalized spacial score (nSPS) is 10.1. The van der Waals surface area contributed by atoms with Gasteiger partial charge < -0.3 is 5.11 Å². The number of aliphatic carboxylic acids is 1. The minimum absolute atomic E-state index is 0.190. The fourth-order valence-corrected chi connectivity index (χ4v) is 2.36. The Morgan fingerprint density at radius 3 is 2.86 bits per heavy atom. The number of rotatable bonds is 4. The van der Waals surface area contributed by atoms with Gasteiger partial charge in [0.1, 0.15) is 0 Å². The highest BCUT2D eigenvalue weighted by Crippen LogP contribution is 2.25. The third-order valence-electron chi connectivity index (χ3n) is 1.86. The summed E-state index contributed by atoms with van der Waals surface area (Å²) in [5, 5.41) is 8.58. The van der Waals surface area contributed by atoms with Crippen LogP contribution in [0.1, 0.15) is 12.0 Å². The van der Waals surface area contributed by atoms with Gasteiger partial charge in [-0.1, -0.05) is 22.0 Å². The van der Waals surface area contributed by atoms with E-state index in [-0.39, 0.29) is 6.42 Å². The number of aryl methyl sites for hydroxylation is 1. The molecule has 1 N–H and O–H groups in total. The molecular weight excluding hydrogens is 264 g/mol. The molecular formula is C10H11BrO2S. The van der Waals surface area contributed by atoms with Crippen LogP contribution >= 0.6 is 27.7 Å². The van der Waals surface area contributed by atoms with Gasteiger partial charge in [0.15, 0.2) is 0 Å². The van der Waals surface area contributed by atoms with Gasteiger partial charge in [0.05, 0.1) is 0 Å². The fraction of sp³-hybridized carbons (Fsp3) is 0.300. The summed E-state index contributed by atoms with van der Waals surface area (Å²) in [4.78, 5) is 11.6. The van der Waals surface area contributed by atoms with Gasteiger partial charge in [-0.3, -0.25) is 4.79 Å². The van der Waals surface area contributed by atoms with E-state index in [0.29, 0.717) is 6.42 Å². The minimum atomic E-state index is -0.750. The van der Waals surface area contributed by atoms with Crippen molar-refractivity contribution in [3.63, 3.8) is 0 Å². The molecule has 0 aliphatic rings. The van der Waals surface area contributed by atoms with Crippen molar-refractivity contribution in [1.82, 2.24) is 0 Å². The first-order chi connectivity index (χ1) is 6.63. The number of carboxylic acids is 1. The largest absolute Gasteiger partial charge is 0.481 e. The Hall–Kier alpha value is -0.480. The molecule has 76 valence electrons. The van der Waals surface area contributed by atoms with E-state index < -0.39 is 5.97 Å². The molecule has 0 atom stereocenters. The summed E-state index contributed by atoms with van der Waals surface area (Å²) in [5.74, 6) is -0.750. The second-order valence-corrected chi connectivity index (χ2v) is 4.61. The highest BCUT2D eigenvalue weighted by molar-refractivity contribution is 9.10. The molecule has 0 aliphatic carbocycles. The van der Waals surface area contributed by atoms with Crippen LogP contribution in [-0.4, -0.2) is 17.3 Å². The Morgan fingerprint density at radius 1 is 1.57 bits per heavy atom. The zero-order valence-electron chi connectivity index (χ0n) is 7.79. The van der Waals surface area contributed by atoms with Crippen LogP contribution in [0.2, 0.25) is 0 Å². The Kier molecular flexibility index (Phi) is 4.48. The molecule has 1 rings (SSSR count). The summed E-state index contributed by atoms with van der Waals surface area (Å²) in [6, 6.07) is 5.93. The maximum absolute atomic E-state index is 10.4. The molecule has 0 radical (unpaired) electrons. The summed E-state index contributed by atoms with van der Waals surface area (Å²) >= 11 is 5.03. The summed E-state index contributed by atoms with van der Waals surface area (Å²) in [6.45, 7) is 0. The Labute approximate surface area is 95.8 Å². The third-order valence-corrected chi connectivity index (χ3v) is 3.17. The van der Waals surface area contributed by atoms with E-state index in [4.69, 9.17) is 5.11 Å². The summed E-state index contributed by atoms with van der Waals surface area (Å²) in [6.07, 6.45) is 2.78. The monoisotopic (exact) mass is 274 g/mol. The van der Waals surface area contributed by atoms with Crippen LogP contribution in [0.4, 0.5) is 0 Å². The van der Waals surface area contributed by atoms with E-state index in [1.54, 1.807) is 11.8 Å². The molecule has 2 nitrogen and oxygen atoms in total. The van der Waals surface area contributed by atoms with E-state index in [1.165, 1.54) is 0 Å². The lowest BCUT2D eigenvalue weighted by atomic mass is 10.1. The van der Waals surface area contributed by atoms with E-state index in [9.17, 15) is 4.79 Å². The number of benzene rings is 1. The number of hydrogen-bond acceptors (Lipinski definition) is 2. The van der Waals surface area contributed by atoms with Gasteiger partial charge in [-0.15, -0.1) is 11.8 Å². The first-order valence-corrected chi connectivity index (χ1v) is 6.19. The standard InChI is InChI=1S/C10H11BrO2S/c1-14-9-6-8(11)4-2-7(9)3-5-10(12)13/h2,4,6H,3,5H2,1H3,(H,12,13). The Morgan fingerprint density at radius 2 is 2.29 bits per heavy atom. The number of halogens is 1. The first-order valence-electron chi connectivity index (χ1n) is 4.17. The fourth-order valence-electron chi connectivity index (χ4n) is 1.17. The van der Waals surface area contributed by atoms with Gasteiger partial charge in [0, 0.05) is 15.8 Å². The van der Waals surface area contributed by atoms with Crippen LogP contribution in [0.15, 0.2) is 27.6 Å². The molecule has 0 saturated heterocycles. The average Bonchev–Trinajstić information content (AvgIpc) is 2.15. The lowest BCUT2D eigenvalue weighted by Crippen LogP contribution is -1.98. The van der Waals surface area contributed by atoms with Crippen molar-refractivity contribution >= 4 is 33.7 Å². The smallest absolute Gasteiger partial charge is 0.303 e. The molecule has 0 spiro atoms. The van der Waals surface area contributed by atoms with Crippen molar-refractivity contribution in [2.45, 2.75) is 17.7 Å². The lowest BCUT2D eigenvalue weighted by Gasteiger charge is -2.06. The number of hydrogen-bond donors (Lipinski definition) is 1. The topological polar surface area (TPSA) is 37.3 Å². The van der Waals surface area contributed by atoms with Gasteiger partial charge >= 0.3 is 5.97 Å². The van der Waals surface area contributed by atoms with Crippen LogP contribution < -0.4 is 0 Å². The van der Waals surface area contributed by atoms with Crippen molar-refractivity contribution in [3.05, 3.63) is 28.2 Å². The van der Waals surface area contributed by atoms with Crippen molar-refractivity contribution in [3.8, 4) is 0 Å². The summed E-state index contributed by atoms with van der Waals surface area (Å²) in [5.41, 5.74) is 1.10. The molecule has 0 fully saturated rings. The van der Waals surface area contributed by atoms with Crippen LogP contribution in [-0.2, 0) is 11.2 Å². The lowest BCUT2D eigenvalue weighted by molar-refractivity contribution is -0.136. The molecule has 4 heteroatoms. The Balaban J connectivity index is 2.80. The van der Waals surface area contributed by atoms with Crippen molar-refractivity contribution < 1.29 is 9.90 Å². The second-order valence-electron chi connectivity index (χ2n) is 2.85. The zero-order valence-corrected chi connectivity index (χ0v) is 10.2. The minimum Gasteiger partial charge on any atom is -0.481 e. The van der Waals surface area contributed by atoms with Gasteiger partial charge in [0.2, 0.25) is 0 Å². The van der Waals surface area contributed by atoms with Crippen LogP contribution in [0, 0.1) is 0 Å². The van der Waals surface area contributed by atoms with Gasteiger partial charge in [0.25, 0.3) is 0 Å². The molecule has 0 unspecified atom stereocenters. The first kappa shape index (κ1) is 11.6. The molecule has 0 heterocycles. The molecule has 0 amide bonds. The molecule has 0 saturated carbocycles. The summed E-state index contributed by atoms with van der Waals surface area (Å²) < 4.78 is 1.03. The maximum atomic E-state index is 10.4. The zero-order chi connectivity index (χ0) is 10.6. The third kappa shape index (κ3) is 3.35. The summed E-state index contributed by atoms with van der Waals surface area (Å²) in [7, 11) is 0. The van der Waals surface area contributed by atoms with E-state index >= 15 is 0 Å². The van der Waals surface area contributed by atoms with Crippen molar-refractivity contribution in [2.75, 3.05) is 6.26 Å². The van der Waals surface area contributed by atoms with E-state index in [2.05, 4.69) is 15.9 Å². The molecule has 14 heavy (non-hydrogen) atoms. The van der Waals surface area contributed by atoms with Crippen molar-refractivity contribution in [1.29, 1.82) is 0 Å². The number of carboxylic acid groups (broad SMARTS) is 1. The quantitative estimate of drug-likeness (QED) is 0.857. The van der Waals surface area contributed by atoms with Crippen molar-refractivity contribution in [2.24, 2.45) is 0 Å². The van der Waals surface area contributed by atoms with E-state index in [1.807, 2.05) is 24.5 Å². The second kappa shape index (κ2) is 5.41. The average molecular weight is 275 g/mol. The highest BCUT2D eigenvalue weighted by atomic mass is 79.9. The maximum Gasteiger partial charge on any atom is 0.303 e. The van der Waals surface area contributed by atoms with Crippen LogP contribution in [0.25, 0.3) is 0 Å². The molecule has 0 bridgehead atoms. The van der Waals surface area contributed by atoms with E-state index in [0.717, 1.165) is 14.9 Å². The van der Waals surface area contributed by atoms with Gasteiger partial charge in [-0.05, 0) is 30.4 Å².